The van der Waals surface area contributed by atoms with Crippen molar-refractivity contribution in [2.45, 2.75) is 116 Å². The summed E-state index contributed by atoms with van der Waals surface area (Å²) in [6, 6.07) is 28.5. The molecule has 6 heterocycles. The van der Waals surface area contributed by atoms with Crippen LogP contribution in [-0.4, -0.2) is 112 Å². The summed E-state index contributed by atoms with van der Waals surface area (Å²) in [6.07, 6.45) is 13.5. The smallest absolute Gasteiger partial charge is 0.328 e. The fraction of sp³-hybridized carbons (Fsp3) is 0.355. The molecule has 0 bridgehead atoms. The number of rotatable bonds is 14. The van der Waals surface area contributed by atoms with Gasteiger partial charge < -0.3 is 41.4 Å². The molecule has 0 radical (unpaired) electrons. The van der Waals surface area contributed by atoms with Gasteiger partial charge >= 0.3 is 11.9 Å². The predicted octanol–water partition coefficient (Wildman–Crippen LogP) is 12.5. The highest BCUT2D eigenvalue weighted by atomic mass is 35.5. The van der Waals surface area contributed by atoms with E-state index in [2.05, 4.69) is 165 Å². The van der Waals surface area contributed by atoms with Crippen LogP contribution in [0, 0.1) is 13.8 Å². The molecule has 0 amide bonds. The number of anilines is 4. The third-order valence-electron chi connectivity index (χ3n) is 14.8. The molecule has 8 N–H and O–H groups in total. The van der Waals surface area contributed by atoms with Gasteiger partial charge in [0, 0.05) is 132 Å². The Kier molecular flexibility index (Phi) is 17.3. The molecule has 2 aliphatic carbocycles. The van der Waals surface area contributed by atoms with Crippen LogP contribution < -0.4 is 21.3 Å². The molecule has 4 fully saturated rings. The Balaban J connectivity index is 0.000000159. The Morgan fingerprint density at radius 3 is 1.34 bits per heavy atom. The number of aromatic nitrogens is 6. The minimum Gasteiger partial charge on any atom is -0.478 e. The third-order valence-corrected chi connectivity index (χ3v) is 15.3. The first-order chi connectivity index (χ1) is 38.4. The average molecular weight is 1120 g/mol. The van der Waals surface area contributed by atoms with Gasteiger partial charge in [0.2, 0.25) is 11.9 Å². The minimum atomic E-state index is -1.26. The van der Waals surface area contributed by atoms with Crippen LogP contribution in [0.25, 0.3) is 44.3 Å². The zero-order valence-corrected chi connectivity index (χ0v) is 47.6. The van der Waals surface area contributed by atoms with E-state index < -0.39 is 11.9 Å². The first-order valence-corrected chi connectivity index (χ1v) is 28.3. The van der Waals surface area contributed by atoms with Crippen LogP contribution in [0.2, 0.25) is 10.0 Å². The number of aliphatic carboxylic acids is 2. The largest absolute Gasteiger partial charge is 0.478 e. The van der Waals surface area contributed by atoms with Crippen molar-refractivity contribution in [3.05, 3.63) is 153 Å². The summed E-state index contributed by atoms with van der Waals surface area (Å²) in [5.41, 5.74) is 15.6. The molecule has 4 aromatic heterocycles. The molecule has 2 aliphatic heterocycles. The van der Waals surface area contributed by atoms with E-state index in [1.807, 2.05) is 12.4 Å². The molecule has 4 aliphatic rings. The lowest BCUT2D eigenvalue weighted by atomic mass is 10.0. The Bertz CT molecular complexity index is 3320. The molecular formula is C62H70Cl2N12O4. The monoisotopic (exact) mass is 1120 g/mol. The molecule has 0 unspecified atom stereocenters. The van der Waals surface area contributed by atoms with Crippen molar-refractivity contribution in [2.75, 3.05) is 36.8 Å². The number of carboxylic acids is 2. The minimum absolute atomic E-state index is 0.507. The van der Waals surface area contributed by atoms with Gasteiger partial charge in [-0.1, -0.05) is 59.6 Å². The van der Waals surface area contributed by atoms with Crippen LogP contribution in [0.4, 0.5) is 23.3 Å². The molecule has 4 aromatic carbocycles. The van der Waals surface area contributed by atoms with Crippen molar-refractivity contribution < 1.29 is 19.8 Å². The lowest BCUT2D eigenvalue weighted by Gasteiger charge is -2.36. The van der Waals surface area contributed by atoms with Crippen molar-refractivity contribution in [1.29, 1.82) is 0 Å². The molecule has 8 aromatic rings. The maximum Gasteiger partial charge on any atom is 0.328 e. The molecule has 4 atom stereocenters. The molecule has 16 nitrogen and oxygen atoms in total. The molecule has 0 spiro atoms. The number of carboxylic acid groups (broad SMARTS) is 2. The predicted molar refractivity (Wildman–Crippen MR) is 321 cm³/mol. The number of nitrogens with zero attached hydrogens (tertiary/aromatic N) is 6. The summed E-state index contributed by atoms with van der Waals surface area (Å²) in [5, 5.41) is 33.1. The fourth-order valence-electron chi connectivity index (χ4n) is 11.2. The van der Waals surface area contributed by atoms with Crippen molar-refractivity contribution in [2.24, 2.45) is 0 Å². The van der Waals surface area contributed by atoms with E-state index in [0.717, 1.165) is 95.0 Å². The number of hydrogen-bond donors (Lipinski definition) is 8. The van der Waals surface area contributed by atoms with Crippen molar-refractivity contribution >= 4 is 80.2 Å². The molecule has 12 rings (SSSR count). The lowest BCUT2D eigenvalue weighted by Crippen LogP contribution is -2.53. The van der Waals surface area contributed by atoms with Gasteiger partial charge in [-0.15, -0.1) is 0 Å². The average Bonchev–Trinajstić information content (AvgIpc) is 4.41. The van der Waals surface area contributed by atoms with Gasteiger partial charge in [0.05, 0.1) is 33.8 Å². The van der Waals surface area contributed by atoms with Crippen molar-refractivity contribution in [1.82, 2.24) is 50.3 Å². The number of H-pyrrole nitrogens is 2. The zero-order chi connectivity index (χ0) is 56.2. The number of nitrogens with one attached hydrogen (secondary N) is 6. The van der Waals surface area contributed by atoms with Gasteiger partial charge in [-0.2, -0.15) is 0 Å². The highest BCUT2D eigenvalue weighted by molar-refractivity contribution is 6.33. The summed E-state index contributed by atoms with van der Waals surface area (Å²) in [5.74, 6) is -0.0661. The Morgan fingerprint density at radius 1 is 0.588 bits per heavy atom. The van der Waals surface area contributed by atoms with Crippen LogP contribution in [0.1, 0.15) is 98.6 Å². The van der Waals surface area contributed by atoms with Gasteiger partial charge in [0.1, 0.15) is 0 Å². The molecule has 18 heteroatoms. The van der Waals surface area contributed by atoms with Crippen molar-refractivity contribution in [3.8, 4) is 22.5 Å². The summed E-state index contributed by atoms with van der Waals surface area (Å²) in [6.45, 7) is 19.4. The summed E-state index contributed by atoms with van der Waals surface area (Å²) in [4.78, 5) is 49.6. The standard InChI is InChI=1S/2C29H33ClN6.C4H4O4/c2*1-17-4-7-24-25(12-31-27(24)8-17)28-26(30)13-32-29(35-28)34-23-10-20(9-22(11-23)21-5-6-21)16-36-14-18(2)33-19(3)15-36;5-3(6)1-2-4(7)8/h2*4,7-13,18-19,21,31,33H,5-6,14-16H2,1-3H3,(H,32,34,35);1-2H,(H,5,6)(H,7,8)/b;;2-1+/t2*18-,19+;. The SMILES string of the molecule is Cc1ccc2c(-c3nc(Nc4cc(CN5C[C@@H](C)N[C@@H](C)C5)cc(C5CC5)c4)ncc3Cl)c[nH]c2c1.Cc1ccc2c(-c3nc(Nc4cc(CN5C[C@@H](C)N[C@@H](C)C5)cc(C5CC5)c4)ncc3Cl)c[nH]c2c1.O=C(O)/C=C/C(=O)O. The van der Waals surface area contributed by atoms with E-state index in [1.54, 1.807) is 12.4 Å². The van der Waals surface area contributed by atoms with Crippen LogP contribution in [-0.2, 0) is 22.7 Å². The highest BCUT2D eigenvalue weighted by Gasteiger charge is 2.28. The zero-order valence-electron chi connectivity index (χ0n) is 46.1. The number of benzene rings is 4. The van der Waals surface area contributed by atoms with Gasteiger partial charge in [0.25, 0.3) is 0 Å². The van der Waals surface area contributed by atoms with Crippen LogP contribution in [0.15, 0.2) is 110 Å². The second-order valence-electron chi connectivity index (χ2n) is 22.3. The Morgan fingerprint density at radius 2 is 0.975 bits per heavy atom. The van der Waals surface area contributed by atoms with E-state index in [9.17, 15) is 9.59 Å². The van der Waals surface area contributed by atoms with E-state index in [1.165, 1.54) is 59.1 Å². The number of hydrogen-bond acceptors (Lipinski definition) is 12. The number of aryl methyl sites for hydroxylation is 2. The Labute approximate surface area is 476 Å². The molecule has 2 saturated carbocycles. The second-order valence-corrected chi connectivity index (χ2v) is 23.2. The molecule has 2 saturated heterocycles. The third kappa shape index (κ3) is 14.6. The van der Waals surface area contributed by atoms with Crippen LogP contribution in [0.3, 0.4) is 0 Å². The van der Waals surface area contributed by atoms with Crippen molar-refractivity contribution in [3.63, 3.8) is 0 Å². The van der Waals surface area contributed by atoms with Gasteiger partial charge in [-0.05, 0) is 149 Å². The first-order valence-electron chi connectivity index (χ1n) is 27.6. The number of fused-ring (bicyclic) bond motifs is 2. The second kappa shape index (κ2) is 24.7. The number of aromatic amines is 2. The van der Waals surface area contributed by atoms with E-state index >= 15 is 0 Å². The maximum atomic E-state index is 9.55. The normalized spacial score (nSPS) is 19.6. The van der Waals surface area contributed by atoms with Gasteiger partial charge in [-0.25, -0.2) is 29.5 Å². The molecular weight excluding hydrogens is 1050 g/mol. The Hall–Kier alpha value is -7.18. The number of piperazine rings is 2. The summed E-state index contributed by atoms with van der Waals surface area (Å²) >= 11 is 13.2. The van der Waals surface area contributed by atoms with E-state index in [4.69, 9.17) is 43.4 Å². The van der Waals surface area contributed by atoms with E-state index in [0.29, 0.717) is 70.1 Å². The van der Waals surface area contributed by atoms with E-state index in [-0.39, 0.29) is 0 Å². The van der Waals surface area contributed by atoms with Crippen LogP contribution in [0.5, 0.6) is 0 Å². The summed E-state index contributed by atoms with van der Waals surface area (Å²) < 4.78 is 0. The molecule has 80 heavy (non-hydrogen) atoms. The molecule has 416 valence electrons. The fourth-order valence-corrected chi connectivity index (χ4v) is 11.6. The first kappa shape index (κ1) is 56.1. The van der Waals surface area contributed by atoms with Gasteiger partial charge in [0.15, 0.2) is 0 Å². The lowest BCUT2D eigenvalue weighted by molar-refractivity contribution is -0.134. The number of halogens is 2. The van der Waals surface area contributed by atoms with Crippen LogP contribution >= 0.6 is 23.2 Å². The number of carbonyl (C=O) groups is 2. The van der Waals surface area contributed by atoms with Gasteiger partial charge in [-0.3, -0.25) is 9.80 Å². The summed E-state index contributed by atoms with van der Waals surface area (Å²) in [7, 11) is 0. The quantitative estimate of drug-likeness (QED) is 0.0476. The highest BCUT2D eigenvalue weighted by Crippen LogP contribution is 2.43. The maximum absolute atomic E-state index is 9.55. The topological polar surface area (TPSA) is 212 Å².